The second kappa shape index (κ2) is 9.94. The molecule has 1 saturated carbocycles. The normalized spacial score (nSPS) is 17.2. The van der Waals surface area contributed by atoms with Gasteiger partial charge in [-0.05, 0) is 79.9 Å². The summed E-state index contributed by atoms with van der Waals surface area (Å²) in [6.07, 6.45) is 5.27. The summed E-state index contributed by atoms with van der Waals surface area (Å²) in [5, 5.41) is 7.13. The maximum absolute atomic E-state index is 6.01. The summed E-state index contributed by atoms with van der Waals surface area (Å²) >= 11 is 5.44. The monoisotopic (exact) mass is 411 g/mol. The number of ether oxygens (including phenoxy) is 2. The van der Waals surface area contributed by atoms with E-state index in [-0.39, 0.29) is 0 Å². The molecule has 0 amide bonds. The first-order valence-electron chi connectivity index (χ1n) is 10.5. The Morgan fingerprint density at radius 3 is 2.38 bits per heavy atom. The van der Waals surface area contributed by atoms with Gasteiger partial charge in [0.15, 0.2) is 5.11 Å². The van der Waals surface area contributed by atoms with E-state index >= 15 is 0 Å². The molecule has 0 radical (unpaired) electrons. The van der Waals surface area contributed by atoms with Crippen molar-refractivity contribution in [2.45, 2.75) is 38.3 Å². The van der Waals surface area contributed by atoms with Gasteiger partial charge in [0.25, 0.3) is 0 Å². The van der Waals surface area contributed by atoms with Crippen LogP contribution in [0.1, 0.15) is 31.2 Å². The fourth-order valence-electron chi connectivity index (χ4n) is 3.82. The first-order chi connectivity index (χ1) is 14.3. The van der Waals surface area contributed by atoms with Crippen molar-refractivity contribution in [1.29, 1.82) is 0 Å². The van der Waals surface area contributed by atoms with Gasteiger partial charge in [-0.2, -0.15) is 0 Å². The number of anilines is 2. The van der Waals surface area contributed by atoms with Crippen LogP contribution in [0.5, 0.6) is 5.75 Å². The molecule has 0 spiro atoms. The van der Waals surface area contributed by atoms with Crippen molar-refractivity contribution >= 4 is 28.7 Å². The minimum absolute atomic E-state index is 0.381. The molecule has 2 N–H and O–H groups in total. The highest BCUT2D eigenvalue weighted by atomic mass is 32.1. The Kier molecular flexibility index (Phi) is 6.85. The summed E-state index contributed by atoms with van der Waals surface area (Å²) in [5.74, 6) is 0.932. The second-order valence-electron chi connectivity index (χ2n) is 7.62. The van der Waals surface area contributed by atoms with E-state index in [2.05, 4.69) is 39.8 Å². The molecule has 1 aliphatic carbocycles. The minimum atomic E-state index is 0.381. The van der Waals surface area contributed by atoms with Gasteiger partial charge in [-0.1, -0.05) is 12.1 Å². The predicted octanol–water partition coefficient (Wildman–Crippen LogP) is 4.33. The molecule has 5 nitrogen and oxygen atoms in total. The molecule has 0 unspecified atom stereocenters. The number of thiocarbonyl (C=S) groups is 1. The Balaban J connectivity index is 1.22. The summed E-state index contributed by atoms with van der Waals surface area (Å²) in [4.78, 5) is 2.35. The number of rotatable bonds is 6. The molecule has 2 aromatic carbocycles. The van der Waals surface area contributed by atoms with E-state index < -0.39 is 0 Å². The number of nitrogens with one attached hydrogen (secondary N) is 2. The Morgan fingerprint density at radius 2 is 1.69 bits per heavy atom. The summed E-state index contributed by atoms with van der Waals surface area (Å²) < 4.78 is 11.4. The van der Waals surface area contributed by atoms with E-state index in [4.69, 9.17) is 21.7 Å². The zero-order valence-corrected chi connectivity index (χ0v) is 17.5. The van der Waals surface area contributed by atoms with Crippen LogP contribution in [0.15, 0.2) is 48.5 Å². The number of benzene rings is 2. The average Bonchev–Trinajstić information content (AvgIpc) is 3.28. The van der Waals surface area contributed by atoms with Crippen LogP contribution in [0, 0.1) is 0 Å². The first-order valence-corrected chi connectivity index (χ1v) is 10.9. The fraction of sp³-hybridized carbons (Fsp3) is 0.435. The third-order valence-electron chi connectivity index (χ3n) is 5.48. The van der Waals surface area contributed by atoms with Gasteiger partial charge in [0.2, 0.25) is 0 Å². The highest BCUT2D eigenvalue weighted by molar-refractivity contribution is 7.80. The lowest BCUT2D eigenvalue weighted by Gasteiger charge is -2.28. The van der Waals surface area contributed by atoms with Crippen LogP contribution in [0.4, 0.5) is 11.4 Å². The van der Waals surface area contributed by atoms with Crippen LogP contribution in [0.25, 0.3) is 0 Å². The van der Waals surface area contributed by atoms with Crippen molar-refractivity contribution in [3.05, 3.63) is 54.1 Å². The lowest BCUT2D eigenvalue weighted by molar-refractivity contribution is 0.122. The maximum Gasteiger partial charge on any atom is 0.171 e. The number of hydrogen-bond donors (Lipinski definition) is 2. The van der Waals surface area contributed by atoms with Gasteiger partial charge in [0.05, 0.1) is 19.3 Å². The van der Waals surface area contributed by atoms with Gasteiger partial charge in [-0.3, -0.25) is 0 Å². The highest BCUT2D eigenvalue weighted by Gasteiger charge is 2.16. The summed E-state index contributed by atoms with van der Waals surface area (Å²) in [6.45, 7) is 4.21. The number of morpholine rings is 1. The van der Waals surface area contributed by atoms with Crippen molar-refractivity contribution in [3.63, 3.8) is 0 Å². The van der Waals surface area contributed by atoms with Crippen LogP contribution >= 0.6 is 12.2 Å². The molecule has 0 bridgehead atoms. The van der Waals surface area contributed by atoms with Crippen LogP contribution in [0.2, 0.25) is 0 Å². The Morgan fingerprint density at radius 1 is 1.00 bits per heavy atom. The van der Waals surface area contributed by atoms with E-state index in [1.54, 1.807) is 0 Å². The molecule has 2 fully saturated rings. The Bertz CT molecular complexity index is 783. The third kappa shape index (κ3) is 5.84. The van der Waals surface area contributed by atoms with Crippen molar-refractivity contribution in [2.75, 3.05) is 36.5 Å². The lowest BCUT2D eigenvalue weighted by atomic mass is 10.2. The topological polar surface area (TPSA) is 45.8 Å². The average molecular weight is 412 g/mol. The Hall–Kier alpha value is -2.31. The fourth-order valence-corrected chi connectivity index (χ4v) is 4.01. The molecule has 2 aliphatic rings. The first kappa shape index (κ1) is 20.0. The smallest absolute Gasteiger partial charge is 0.171 e. The quantitative estimate of drug-likeness (QED) is 0.690. The standard InChI is InChI=1S/C23H29N3O2S/c29-23(25-19-7-11-22(12-8-19)28-21-3-1-2-4-21)24-17-18-5-9-20(10-6-18)26-13-15-27-16-14-26/h5-12,21H,1-4,13-17H2,(H2,24,25,29). The summed E-state index contributed by atoms with van der Waals surface area (Å²) in [5.41, 5.74) is 3.41. The summed E-state index contributed by atoms with van der Waals surface area (Å²) in [7, 11) is 0. The van der Waals surface area contributed by atoms with E-state index in [1.807, 2.05) is 24.3 Å². The molecule has 29 heavy (non-hydrogen) atoms. The van der Waals surface area contributed by atoms with Gasteiger partial charge in [0.1, 0.15) is 5.75 Å². The van der Waals surface area contributed by atoms with E-state index in [0.29, 0.717) is 17.8 Å². The molecule has 1 aliphatic heterocycles. The number of hydrogen-bond acceptors (Lipinski definition) is 4. The Labute approximate surface area is 178 Å². The molecule has 0 aromatic heterocycles. The SMILES string of the molecule is S=C(NCc1ccc(N2CCOCC2)cc1)Nc1ccc(OC2CCCC2)cc1. The van der Waals surface area contributed by atoms with Gasteiger partial charge in [-0.25, -0.2) is 0 Å². The molecule has 0 atom stereocenters. The van der Waals surface area contributed by atoms with Gasteiger partial charge in [-0.15, -0.1) is 0 Å². The zero-order chi connectivity index (χ0) is 19.9. The molecule has 1 saturated heterocycles. The van der Waals surface area contributed by atoms with Gasteiger partial charge >= 0.3 is 0 Å². The summed E-state index contributed by atoms with van der Waals surface area (Å²) in [6, 6.07) is 16.7. The largest absolute Gasteiger partial charge is 0.490 e. The number of nitrogens with zero attached hydrogens (tertiary/aromatic N) is 1. The predicted molar refractivity (Wildman–Crippen MR) is 122 cm³/mol. The van der Waals surface area contributed by atoms with Crippen molar-refractivity contribution in [2.24, 2.45) is 0 Å². The van der Waals surface area contributed by atoms with Crippen LogP contribution < -0.4 is 20.3 Å². The molecular weight excluding hydrogens is 382 g/mol. The molecule has 6 heteroatoms. The minimum Gasteiger partial charge on any atom is -0.490 e. The van der Waals surface area contributed by atoms with Gasteiger partial charge < -0.3 is 25.0 Å². The molecular formula is C23H29N3O2S. The lowest BCUT2D eigenvalue weighted by Crippen LogP contribution is -2.36. The van der Waals surface area contributed by atoms with Crippen molar-refractivity contribution in [3.8, 4) is 5.75 Å². The van der Waals surface area contributed by atoms with Crippen LogP contribution in [-0.2, 0) is 11.3 Å². The van der Waals surface area contributed by atoms with E-state index in [0.717, 1.165) is 37.7 Å². The maximum atomic E-state index is 6.01. The van der Waals surface area contributed by atoms with Crippen molar-refractivity contribution < 1.29 is 9.47 Å². The highest BCUT2D eigenvalue weighted by Crippen LogP contribution is 2.25. The van der Waals surface area contributed by atoms with Crippen molar-refractivity contribution in [1.82, 2.24) is 5.32 Å². The molecule has 2 aromatic rings. The third-order valence-corrected chi connectivity index (χ3v) is 5.73. The second-order valence-corrected chi connectivity index (χ2v) is 8.03. The van der Waals surface area contributed by atoms with Gasteiger partial charge in [0, 0.05) is 31.0 Å². The molecule has 154 valence electrons. The van der Waals surface area contributed by atoms with Crippen LogP contribution in [0.3, 0.4) is 0 Å². The molecule has 1 heterocycles. The van der Waals surface area contributed by atoms with E-state index in [1.165, 1.54) is 36.9 Å². The zero-order valence-electron chi connectivity index (χ0n) is 16.7. The van der Waals surface area contributed by atoms with Crippen LogP contribution in [-0.4, -0.2) is 37.5 Å². The van der Waals surface area contributed by atoms with E-state index in [9.17, 15) is 0 Å². The molecule has 4 rings (SSSR count).